The zero-order valence-electron chi connectivity index (χ0n) is 6.98. The fourth-order valence-electron chi connectivity index (χ4n) is 0.672. The van der Waals surface area contributed by atoms with Crippen LogP contribution in [0.3, 0.4) is 0 Å². The molecule has 0 N–H and O–H groups in total. The number of ether oxygens (including phenoxy) is 1. The summed E-state index contributed by atoms with van der Waals surface area (Å²) in [6.45, 7) is 2.17. The van der Waals surface area contributed by atoms with Crippen molar-refractivity contribution in [3.8, 4) is 0 Å². The van der Waals surface area contributed by atoms with Gasteiger partial charge in [0.2, 0.25) is 0 Å². The average Bonchev–Trinajstić information content (AvgIpc) is 2.37. The molecule has 12 heavy (non-hydrogen) atoms. The van der Waals surface area contributed by atoms with Crippen molar-refractivity contribution in [2.75, 3.05) is 6.61 Å². The quantitative estimate of drug-likeness (QED) is 0.520. The molecule has 0 radical (unpaired) electrons. The molecule has 0 aromatic carbocycles. The van der Waals surface area contributed by atoms with Crippen molar-refractivity contribution in [1.29, 1.82) is 0 Å². The number of carbonyl (C=O) groups is 1. The lowest BCUT2D eigenvalue weighted by Crippen LogP contribution is -1.98. The number of rotatable bonds is 2. The van der Waals surface area contributed by atoms with Gasteiger partial charge in [-0.25, -0.2) is 9.78 Å². The predicted molar refractivity (Wildman–Crippen MR) is 46.1 cm³/mol. The molecule has 1 aromatic heterocycles. The Morgan fingerprint density at radius 2 is 2.58 bits per heavy atom. The summed E-state index contributed by atoms with van der Waals surface area (Å²) in [4.78, 5) is 14.9. The Kier molecular flexibility index (Phi) is 3.16. The Bertz CT molecular complexity index is 272. The Morgan fingerprint density at radius 3 is 3.08 bits per heavy atom. The number of nitrogens with zero attached hydrogens (tertiary/aromatic N) is 2. The van der Waals surface area contributed by atoms with Crippen LogP contribution in [0.15, 0.2) is 17.6 Å². The van der Waals surface area contributed by atoms with Gasteiger partial charge < -0.3 is 9.30 Å². The van der Waals surface area contributed by atoms with E-state index in [1.165, 1.54) is 0 Å². The number of aryl methyl sites for hydroxylation is 1. The van der Waals surface area contributed by atoms with Crippen LogP contribution >= 0.6 is 11.8 Å². The third kappa shape index (κ3) is 2.27. The number of hydrogen-bond donors (Lipinski definition) is 0. The molecule has 0 unspecified atom stereocenters. The topological polar surface area (TPSA) is 44.1 Å². The van der Waals surface area contributed by atoms with Gasteiger partial charge in [0.25, 0.3) is 0 Å². The van der Waals surface area contributed by atoms with Gasteiger partial charge in [0.1, 0.15) is 0 Å². The molecular weight excluding hydrogens is 176 g/mol. The van der Waals surface area contributed by atoms with E-state index in [9.17, 15) is 4.79 Å². The summed E-state index contributed by atoms with van der Waals surface area (Å²) < 4.78 is 6.51. The first kappa shape index (κ1) is 9.12. The molecule has 4 nitrogen and oxygen atoms in total. The third-order valence-electron chi connectivity index (χ3n) is 1.21. The van der Waals surface area contributed by atoms with E-state index in [0.29, 0.717) is 11.8 Å². The maximum atomic E-state index is 11.0. The van der Waals surface area contributed by atoms with Gasteiger partial charge in [0.15, 0.2) is 5.16 Å². The molecule has 0 fully saturated rings. The molecule has 0 aliphatic carbocycles. The monoisotopic (exact) mass is 186 g/mol. The van der Waals surface area contributed by atoms with E-state index < -0.39 is 0 Å². The summed E-state index contributed by atoms with van der Waals surface area (Å²) >= 11 is 0.992. The number of hydrogen-bond acceptors (Lipinski definition) is 4. The molecule has 0 saturated carbocycles. The largest absolute Gasteiger partial charge is 0.458 e. The number of carbonyl (C=O) groups excluding carboxylic acids is 1. The van der Waals surface area contributed by atoms with Crippen LogP contribution < -0.4 is 0 Å². The number of aromatic nitrogens is 2. The maximum Gasteiger partial charge on any atom is 0.375 e. The Morgan fingerprint density at radius 1 is 1.83 bits per heavy atom. The highest BCUT2D eigenvalue weighted by atomic mass is 32.2. The summed E-state index contributed by atoms with van der Waals surface area (Å²) in [6.07, 6.45) is 3.42. The number of thioether (sulfide) groups is 1. The second-order valence-corrected chi connectivity index (χ2v) is 3.01. The van der Waals surface area contributed by atoms with Crippen LogP contribution in [0.5, 0.6) is 0 Å². The van der Waals surface area contributed by atoms with E-state index in [1.807, 2.05) is 7.05 Å². The summed E-state index contributed by atoms with van der Waals surface area (Å²) in [5.41, 5.74) is 0. The molecule has 0 aliphatic rings. The van der Waals surface area contributed by atoms with Gasteiger partial charge in [0, 0.05) is 31.2 Å². The normalized spacial score (nSPS) is 9.83. The minimum Gasteiger partial charge on any atom is -0.458 e. The fourth-order valence-corrected chi connectivity index (χ4v) is 1.32. The molecule has 0 bridgehead atoms. The highest BCUT2D eigenvalue weighted by Gasteiger charge is 2.08. The van der Waals surface area contributed by atoms with Gasteiger partial charge >= 0.3 is 5.30 Å². The van der Waals surface area contributed by atoms with E-state index in [0.717, 1.165) is 11.8 Å². The van der Waals surface area contributed by atoms with E-state index in [-0.39, 0.29) is 5.30 Å². The van der Waals surface area contributed by atoms with Crippen molar-refractivity contribution in [3.05, 3.63) is 12.4 Å². The molecule has 66 valence electrons. The van der Waals surface area contributed by atoms with Gasteiger partial charge in [-0.1, -0.05) is 0 Å². The minimum absolute atomic E-state index is 0.313. The highest BCUT2D eigenvalue weighted by molar-refractivity contribution is 8.13. The average molecular weight is 186 g/mol. The Balaban J connectivity index is 2.52. The minimum atomic E-state index is -0.313. The zero-order valence-corrected chi connectivity index (χ0v) is 7.80. The SMILES string of the molecule is CCOC(=O)Sc1nccn1C. The lowest BCUT2D eigenvalue weighted by molar-refractivity contribution is 0.181. The lowest BCUT2D eigenvalue weighted by atomic mass is 10.9. The first-order valence-corrected chi connectivity index (χ1v) is 4.37. The van der Waals surface area contributed by atoms with Crippen molar-refractivity contribution < 1.29 is 9.53 Å². The molecule has 1 aromatic rings. The van der Waals surface area contributed by atoms with Gasteiger partial charge in [0.05, 0.1) is 6.61 Å². The molecule has 0 amide bonds. The zero-order chi connectivity index (χ0) is 8.97. The third-order valence-corrected chi connectivity index (χ3v) is 2.07. The first-order chi connectivity index (χ1) is 5.74. The van der Waals surface area contributed by atoms with E-state index in [4.69, 9.17) is 4.74 Å². The van der Waals surface area contributed by atoms with Crippen LogP contribution in [-0.4, -0.2) is 21.5 Å². The molecule has 0 aliphatic heterocycles. The second kappa shape index (κ2) is 4.15. The van der Waals surface area contributed by atoms with Gasteiger partial charge in [-0.15, -0.1) is 0 Å². The molecule has 0 saturated heterocycles. The van der Waals surface area contributed by atoms with E-state index in [1.54, 1.807) is 23.9 Å². The Hall–Kier alpha value is -0.970. The molecule has 0 spiro atoms. The van der Waals surface area contributed by atoms with Crippen LogP contribution in [0.4, 0.5) is 4.79 Å². The lowest BCUT2D eigenvalue weighted by Gasteiger charge is -1.99. The summed E-state index contributed by atoms with van der Waals surface area (Å²) in [7, 11) is 1.83. The Labute approximate surface area is 74.9 Å². The van der Waals surface area contributed by atoms with E-state index >= 15 is 0 Å². The standard InChI is InChI=1S/C7H10N2O2S/c1-3-11-7(10)12-6-8-4-5-9(6)2/h4-5H,3H2,1-2H3. The van der Waals surface area contributed by atoms with Crippen LogP contribution in [0, 0.1) is 0 Å². The van der Waals surface area contributed by atoms with Gasteiger partial charge in [-0.2, -0.15) is 0 Å². The van der Waals surface area contributed by atoms with Crippen LogP contribution in [0.25, 0.3) is 0 Å². The smallest absolute Gasteiger partial charge is 0.375 e. The van der Waals surface area contributed by atoms with Crippen LogP contribution in [-0.2, 0) is 11.8 Å². The van der Waals surface area contributed by atoms with E-state index in [2.05, 4.69) is 4.98 Å². The first-order valence-electron chi connectivity index (χ1n) is 3.56. The van der Waals surface area contributed by atoms with Crippen molar-refractivity contribution in [2.45, 2.75) is 12.1 Å². The number of imidazole rings is 1. The van der Waals surface area contributed by atoms with Crippen LogP contribution in [0.1, 0.15) is 6.92 Å². The molecular formula is C7H10N2O2S. The molecule has 5 heteroatoms. The van der Waals surface area contributed by atoms with Crippen LogP contribution in [0.2, 0.25) is 0 Å². The van der Waals surface area contributed by atoms with Gasteiger partial charge in [-0.05, 0) is 6.92 Å². The second-order valence-electron chi connectivity index (χ2n) is 2.11. The summed E-state index contributed by atoms with van der Waals surface area (Å²) in [6, 6.07) is 0. The summed E-state index contributed by atoms with van der Waals surface area (Å²) in [5, 5.41) is 0.334. The van der Waals surface area contributed by atoms with Crippen molar-refractivity contribution in [3.63, 3.8) is 0 Å². The summed E-state index contributed by atoms with van der Waals surface area (Å²) in [5.74, 6) is 0. The predicted octanol–water partition coefficient (Wildman–Crippen LogP) is 1.67. The molecule has 1 rings (SSSR count). The fraction of sp³-hybridized carbons (Fsp3) is 0.429. The van der Waals surface area contributed by atoms with Gasteiger partial charge in [-0.3, -0.25) is 0 Å². The highest BCUT2D eigenvalue weighted by Crippen LogP contribution is 2.16. The molecule has 0 atom stereocenters. The maximum absolute atomic E-state index is 11.0. The molecule has 1 heterocycles. The van der Waals surface area contributed by atoms with Crippen molar-refractivity contribution >= 4 is 17.1 Å². The van der Waals surface area contributed by atoms with Crippen molar-refractivity contribution in [2.24, 2.45) is 7.05 Å². The van der Waals surface area contributed by atoms with Crippen molar-refractivity contribution in [1.82, 2.24) is 9.55 Å².